The first-order valence-electron chi connectivity index (χ1n) is 13.0. The molecule has 0 aromatic heterocycles. The minimum Gasteiger partial charge on any atom is -0.372 e. The van der Waals surface area contributed by atoms with E-state index >= 15 is 0 Å². The molecule has 190 valence electrons. The predicted molar refractivity (Wildman–Crippen MR) is 141 cm³/mol. The molecule has 0 bridgehead atoms. The maximum atomic E-state index is 13.5. The van der Waals surface area contributed by atoms with Gasteiger partial charge in [0.1, 0.15) is 5.78 Å². The van der Waals surface area contributed by atoms with Crippen molar-refractivity contribution in [1.82, 2.24) is 10.2 Å². The lowest BCUT2D eigenvalue weighted by molar-refractivity contribution is -0.143. The van der Waals surface area contributed by atoms with Gasteiger partial charge in [-0.3, -0.25) is 24.6 Å². The fourth-order valence-electron chi connectivity index (χ4n) is 5.69. The van der Waals surface area contributed by atoms with Crippen LogP contribution in [0.1, 0.15) is 41.5 Å². The largest absolute Gasteiger partial charge is 0.372 e. The van der Waals surface area contributed by atoms with Crippen LogP contribution in [0.3, 0.4) is 0 Å². The van der Waals surface area contributed by atoms with E-state index in [0.29, 0.717) is 24.1 Å². The molecular formula is C31H32N2O4. The van der Waals surface area contributed by atoms with Gasteiger partial charge in [0.25, 0.3) is 5.91 Å². The van der Waals surface area contributed by atoms with Gasteiger partial charge in [0.15, 0.2) is 5.60 Å². The first-order valence-corrected chi connectivity index (χ1v) is 13.0. The molecule has 0 spiro atoms. The molecule has 3 aromatic rings. The molecule has 0 saturated carbocycles. The molecule has 1 saturated heterocycles. The third-order valence-electron chi connectivity index (χ3n) is 7.78. The van der Waals surface area contributed by atoms with Gasteiger partial charge in [-0.25, -0.2) is 0 Å². The molecule has 1 heterocycles. The van der Waals surface area contributed by atoms with Gasteiger partial charge in [0, 0.05) is 5.92 Å². The first-order chi connectivity index (χ1) is 18.0. The number of amides is 2. The summed E-state index contributed by atoms with van der Waals surface area (Å²) in [4.78, 5) is 41.8. The van der Waals surface area contributed by atoms with Gasteiger partial charge >= 0.3 is 0 Å². The molecule has 6 nitrogen and oxygen atoms in total. The summed E-state index contributed by atoms with van der Waals surface area (Å²) in [5.74, 6) is -1.18. The highest BCUT2D eigenvalue weighted by Crippen LogP contribution is 2.31. The Balaban J connectivity index is 1.28. The van der Waals surface area contributed by atoms with Crippen LogP contribution in [-0.2, 0) is 32.8 Å². The minimum absolute atomic E-state index is 0.0536. The minimum atomic E-state index is -2.02. The average Bonchev–Trinajstić information content (AvgIpc) is 3.41. The van der Waals surface area contributed by atoms with Crippen molar-refractivity contribution in [2.24, 2.45) is 5.92 Å². The Hall–Kier alpha value is -3.61. The quantitative estimate of drug-likeness (QED) is 0.524. The van der Waals surface area contributed by atoms with Gasteiger partial charge in [0.05, 0.1) is 12.6 Å². The maximum Gasteiger partial charge on any atom is 0.267 e. The van der Waals surface area contributed by atoms with Crippen LogP contribution in [0.15, 0.2) is 84.9 Å². The van der Waals surface area contributed by atoms with Crippen molar-refractivity contribution in [3.05, 3.63) is 107 Å². The molecule has 1 fully saturated rings. The maximum absolute atomic E-state index is 13.5. The summed E-state index contributed by atoms with van der Waals surface area (Å²) in [5.41, 5.74) is 1.28. The second-order valence-electron chi connectivity index (χ2n) is 10.1. The van der Waals surface area contributed by atoms with Gasteiger partial charge in [-0.15, -0.1) is 0 Å². The Morgan fingerprint density at radius 3 is 2.08 bits per heavy atom. The lowest BCUT2D eigenvalue weighted by atomic mass is 9.81. The molecule has 6 heteroatoms. The Morgan fingerprint density at radius 2 is 1.43 bits per heavy atom. The van der Waals surface area contributed by atoms with Crippen molar-refractivity contribution in [3.63, 3.8) is 0 Å². The Kier molecular flexibility index (Phi) is 7.31. The number of benzene rings is 3. The lowest BCUT2D eigenvalue weighted by Gasteiger charge is -2.30. The molecule has 2 atom stereocenters. The van der Waals surface area contributed by atoms with Crippen molar-refractivity contribution < 1.29 is 19.5 Å². The van der Waals surface area contributed by atoms with E-state index < -0.39 is 23.5 Å². The summed E-state index contributed by atoms with van der Waals surface area (Å²) in [7, 11) is 0. The van der Waals surface area contributed by atoms with E-state index in [2.05, 4.69) is 17.4 Å². The third kappa shape index (κ3) is 5.13. The number of aryl methyl sites for hydroxylation is 1. The standard InChI is InChI=1S/C31H32N2O4/c34-28(24-18-17-22-10-7-8-11-23(22)20-24)21-33-19-9-16-27(33)29(35)32-30(36)31(37,25-12-3-1-4-13-25)26-14-5-2-6-15-26/h1-8,10-15,24,27,37H,9,16-21H2,(H,32,35,36)/t24?,27-/m0/s1. The zero-order valence-electron chi connectivity index (χ0n) is 20.8. The second kappa shape index (κ2) is 10.8. The fraction of sp³-hybridized carbons (Fsp3) is 0.323. The van der Waals surface area contributed by atoms with Gasteiger partial charge in [0.2, 0.25) is 5.91 Å². The summed E-state index contributed by atoms with van der Waals surface area (Å²) in [6.07, 6.45) is 3.78. The zero-order valence-corrected chi connectivity index (χ0v) is 20.8. The summed E-state index contributed by atoms with van der Waals surface area (Å²) in [6, 6.07) is 24.9. The number of fused-ring (bicyclic) bond motifs is 1. The SMILES string of the molecule is O=C(CN1CCC[C@H]1C(=O)NC(=O)C(O)(c1ccccc1)c1ccccc1)C1CCc2ccccc2C1. The van der Waals surface area contributed by atoms with Gasteiger partial charge < -0.3 is 5.11 Å². The number of hydrogen-bond acceptors (Lipinski definition) is 5. The van der Waals surface area contributed by atoms with Gasteiger partial charge in [-0.05, 0) is 60.9 Å². The topological polar surface area (TPSA) is 86.7 Å². The van der Waals surface area contributed by atoms with Crippen LogP contribution in [0.4, 0.5) is 0 Å². The highest BCUT2D eigenvalue weighted by Gasteiger charge is 2.43. The van der Waals surface area contributed by atoms with E-state index in [1.807, 2.05) is 17.0 Å². The van der Waals surface area contributed by atoms with Crippen molar-refractivity contribution in [1.29, 1.82) is 0 Å². The van der Waals surface area contributed by atoms with E-state index in [1.165, 1.54) is 11.1 Å². The summed E-state index contributed by atoms with van der Waals surface area (Å²) in [6.45, 7) is 0.823. The van der Waals surface area contributed by atoms with E-state index in [0.717, 1.165) is 25.7 Å². The molecule has 3 aromatic carbocycles. The number of hydrogen-bond donors (Lipinski definition) is 2. The molecular weight excluding hydrogens is 464 g/mol. The lowest BCUT2D eigenvalue weighted by Crippen LogP contribution is -2.53. The van der Waals surface area contributed by atoms with Crippen molar-refractivity contribution in [2.75, 3.05) is 13.1 Å². The third-order valence-corrected chi connectivity index (χ3v) is 7.78. The van der Waals surface area contributed by atoms with E-state index in [4.69, 9.17) is 0 Å². The summed E-state index contributed by atoms with van der Waals surface area (Å²) in [5, 5.41) is 14.1. The molecule has 2 N–H and O–H groups in total. The van der Waals surface area contributed by atoms with Crippen LogP contribution in [0, 0.1) is 5.92 Å². The Morgan fingerprint density at radius 1 is 0.838 bits per heavy atom. The van der Waals surface area contributed by atoms with Crippen LogP contribution in [-0.4, -0.2) is 46.7 Å². The van der Waals surface area contributed by atoms with E-state index in [9.17, 15) is 19.5 Å². The first kappa shape index (κ1) is 25.1. The smallest absolute Gasteiger partial charge is 0.267 e. The Labute approximate surface area is 217 Å². The van der Waals surface area contributed by atoms with Crippen LogP contribution >= 0.6 is 0 Å². The zero-order chi connectivity index (χ0) is 25.8. The van der Waals surface area contributed by atoms with Crippen molar-refractivity contribution in [2.45, 2.75) is 43.7 Å². The Bertz CT molecular complexity index is 1240. The molecule has 2 aliphatic rings. The molecule has 0 radical (unpaired) electrons. The number of Topliss-reactive ketones (excluding diaryl/α,β-unsaturated/α-hetero) is 1. The van der Waals surface area contributed by atoms with E-state index in [-0.39, 0.29) is 18.2 Å². The van der Waals surface area contributed by atoms with Crippen LogP contribution in [0.5, 0.6) is 0 Å². The number of nitrogens with zero attached hydrogens (tertiary/aromatic N) is 1. The molecule has 5 rings (SSSR count). The van der Waals surface area contributed by atoms with Gasteiger partial charge in [-0.2, -0.15) is 0 Å². The van der Waals surface area contributed by atoms with E-state index in [1.54, 1.807) is 60.7 Å². The molecule has 1 aliphatic heterocycles. The van der Waals surface area contributed by atoms with Crippen LogP contribution < -0.4 is 5.32 Å². The van der Waals surface area contributed by atoms with Crippen LogP contribution in [0.25, 0.3) is 0 Å². The second-order valence-corrected chi connectivity index (χ2v) is 10.1. The number of carbonyl (C=O) groups is 3. The number of ketones is 1. The van der Waals surface area contributed by atoms with Crippen molar-refractivity contribution in [3.8, 4) is 0 Å². The monoisotopic (exact) mass is 496 g/mol. The number of aliphatic hydroxyl groups is 1. The fourth-order valence-corrected chi connectivity index (χ4v) is 5.69. The highest BCUT2D eigenvalue weighted by molar-refractivity contribution is 6.03. The summed E-state index contributed by atoms with van der Waals surface area (Å²) >= 11 is 0. The van der Waals surface area contributed by atoms with Crippen LogP contribution in [0.2, 0.25) is 0 Å². The summed E-state index contributed by atoms with van der Waals surface area (Å²) < 4.78 is 0. The molecule has 1 unspecified atom stereocenters. The number of nitrogens with one attached hydrogen (secondary N) is 1. The molecule has 37 heavy (non-hydrogen) atoms. The van der Waals surface area contributed by atoms with Gasteiger partial charge in [-0.1, -0.05) is 84.9 Å². The molecule has 2 amide bonds. The number of carbonyl (C=O) groups excluding carboxylic acids is 3. The number of rotatable bonds is 7. The normalized spacial score (nSPS) is 19.7. The average molecular weight is 497 g/mol. The number of likely N-dealkylation sites (tertiary alicyclic amines) is 1. The number of imide groups is 1. The molecule has 1 aliphatic carbocycles. The predicted octanol–water partition coefficient (Wildman–Crippen LogP) is 3.40. The highest BCUT2D eigenvalue weighted by atomic mass is 16.3. The van der Waals surface area contributed by atoms with Crippen molar-refractivity contribution >= 4 is 17.6 Å².